The van der Waals surface area contributed by atoms with Crippen LogP contribution in [0.3, 0.4) is 0 Å². The van der Waals surface area contributed by atoms with Gasteiger partial charge in [0.2, 0.25) is 5.91 Å². The van der Waals surface area contributed by atoms with Gasteiger partial charge in [0.05, 0.1) is 0 Å². The summed E-state index contributed by atoms with van der Waals surface area (Å²) in [6.45, 7) is 3.17. The van der Waals surface area contributed by atoms with Crippen LogP contribution < -0.4 is 16.0 Å². The highest BCUT2D eigenvalue weighted by Gasteiger charge is 2.08. The maximum Gasteiger partial charge on any atom is 0.269 e. The summed E-state index contributed by atoms with van der Waals surface area (Å²) in [7, 11) is 1.56. The van der Waals surface area contributed by atoms with E-state index >= 15 is 0 Å². The largest absolute Gasteiger partial charge is 0.370 e. The first-order valence-electron chi connectivity index (χ1n) is 6.37. The third-order valence-electron chi connectivity index (χ3n) is 2.45. The van der Waals surface area contributed by atoms with Gasteiger partial charge in [-0.15, -0.1) is 0 Å². The van der Waals surface area contributed by atoms with Crippen LogP contribution in [0.25, 0.3) is 0 Å². The monoisotopic (exact) mass is 264 g/mol. The van der Waals surface area contributed by atoms with Crippen molar-refractivity contribution in [1.82, 2.24) is 15.6 Å². The van der Waals surface area contributed by atoms with E-state index in [1.54, 1.807) is 19.2 Å². The minimum Gasteiger partial charge on any atom is -0.370 e. The van der Waals surface area contributed by atoms with Crippen molar-refractivity contribution in [2.24, 2.45) is 0 Å². The third kappa shape index (κ3) is 5.37. The summed E-state index contributed by atoms with van der Waals surface area (Å²) >= 11 is 0. The summed E-state index contributed by atoms with van der Waals surface area (Å²) in [6, 6.07) is 5.24. The lowest BCUT2D eigenvalue weighted by Gasteiger charge is -2.07. The average molecular weight is 264 g/mol. The molecule has 1 aromatic rings. The molecule has 104 valence electrons. The molecule has 0 saturated carbocycles. The van der Waals surface area contributed by atoms with Gasteiger partial charge in [-0.3, -0.25) is 9.59 Å². The van der Waals surface area contributed by atoms with Crippen LogP contribution in [-0.2, 0) is 4.79 Å². The number of nitrogens with one attached hydrogen (secondary N) is 3. The van der Waals surface area contributed by atoms with E-state index in [2.05, 4.69) is 27.9 Å². The van der Waals surface area contributed by atoms with Gasteiger partial charge in [0.1, 0.15) is 11.5 Å². The van der Waals surface area contributed by atoms with E-state index in [0.29, 0.717) is 18.1 Å². The van der Waals surface area contributed by atoms with E-state index in [9.17, 15) is 9.59 Å². The molecule has 0 aliphatic heterocycles. The van der Waals surface area contributed by atoms with Crippen LogP contribution in [0.1, 0.15) is 30.3 Å². The van der Waals surface area contributed by atoms with Crippen molar-refractivity contribution in [3.05, 3.63) is 23.9 Å². The first-order chi connectivity index (χ1) is 9.17. The Labute approximate surface area is 113 Å². The van der Waals surface area contributed by atoms with E-state index in [4.69, 9.17) is 0 Å². The quantitative estimate of drug-likeness (QED) is 0.679. The Morgan fingerprint density at radius 2 is 2.05 bits per heavy atom. The van der Waals surface area contributed by atoms with E-state index in [0.717, 1.165) is 13.0 Å². The smallest absolute Gasteiger partial charge is 0.269 e. The number of aromatic nitrogens is 1. The zero-order valence-electron chi connectivity index (χ0n) is 11.3. The van der Waals surface area contributed by atoms with Crippen LogP contribution in [-0.4, -0.2) is 36.9 Å². The highest BCUT2D eigenvalue weighted by atomic mass is 16.2. The molecule has 0 aliphatic carbocycles. The standard InChI is InChI=1S/C13H20N4O2/c1-3-8-15-11-6-4-5-10(17-11)13(19)16-9-7-12(18)14-2/h4-6H,3,7-9H2,1-2H3,(H,14,18)(H,15,17)(H,16,19). The number of carbonyl (C=O) groups is 2. The van der Waals surface area contributed by atoms with Crippen molar-refractivity contribution in [2.75, 3.05) is 25.5 Å². The molecule has 0 saturated heterocycles. The highest BCUT2D eigenvalue weighted by Crippen LogP contribution is 2.04. The molecule has 3 N–H and O–H groups in total. The molecule has 1 heterocycles. The van der Waals surface area contributed by atoms with Crippen molar-refractivity contribution in [2.45, 2.75) is 19.8 Å². The maximum absolute atomic E-state index is 11.8. The number of anilines is 1. The molecule has 0 atom stereocenters. The molecule has 0 spiro atoms. The summed E-state index contributed by atoms with van der Waals surface area (Å²) in [5.74, 6) is 0.302. The first kappa shape index (κ1) is 14.9. The van der Waals surface area contributed by atoms with Crippen LogP contribution in [0, 0.1) is 0 Å². The van der Waals surface area contributed by atoms with E-state index in [1.165, 1.54) is 0 Å². The Morgan fingerprint density at radius 3 is 2.74 bits per heavy atom. The molecule has 1 rings (SSSR count). The van der Waals surface area contributed by atoms with Gasteiger partial charge in [0.15, 0.2) is 0 Å². The predicted molar refractivity (Wildman–Crippen MR) is 74.0 cm³/mol. The van der Waals surface area contributed by atoms with Crippen molar-refractivity contribution in [3.63, 3.8) is 0 Å². The number of rotatable bonds is 7. The van der Waals surface area contributed by atoms with Gasteiger partial charge < -0.3 is 16.0 Å². The van der Waals surface area contributed by atoms with Gasteiger partial charge in [0, 0.05) is 26.6 Å². The van der Waals surface area contributed by atoms with Crippen molar-refractivity contribution >= 4 is 17.6 Å². The summed E-state index contributed by atoms with van der Waals surface area (Å²) in [5.41, 5.74) is 0.345. The average Bonchev–Trinajstić information content (AvgIpc) is 2.45. The van der Waals surface area contributed by atoms with Crippen molar-refractivity contribution in [1.29, 1.82) is 0 Å². The van der Waals surface area contributed by atoms with Gasteiger partial charge in [0.25, 0.3) is 5.91 Å². The fourth-order valence-electron chi connectivity index (χ4n) is 1.42. The zero-order valence-corrected chi connectivity index (χ0v) is 11.3. The Balaban J connectivity index is 2.49. The Morgan fingerprint density at radius 1 is 1.26 bits per heavy atom. The Bertz CT molecular complexity index is 434. The SMILES string of the molecule is CCCNc1cccc(C(=O)NCCC(=O)NC)n1. The van der Waals surface area contributed by atoms with E-state index in [1.807, 2.05) is 6.07 Å². The van der Waals surface area contributed by atoms with Gasteiger partial charge in [-0.2, -0.15) is 0 Å². The Hall–Kier alpha value is -2.11. The lowest BCUT2D eigenvalue weighted by molar-refractivity contribution is -0.120. The molecule has 0 aliphatic rings. The van der Waals surface area contributed by atoms with Crippen LogP contribution in [0.4, 0.5) is 5.82 Å². The van der Waals surface area contributed by atoms with Gasteiger partial charge in [-0.25, -0.2) is 4.98 Å². The number of hydrogen-bond acceptors (Lipinski definition) is 4. The van der Waals surface area contributed by atoms with Gasteiger partial charge in [-0.1, -0.05) is 13.0 Å². The number of nitrogens with zero attached hydrogens (tertiary/aromatic N) is 1. The van der Waals surface area contributed by atoms with Crippen LogP contribution in [0.15, 0.2) is 18.2 Å². The molecule has 2 amide bonds. The number of carbonyl (C=O) groups excluding carboxylic acids is 2. The van der Waals surface area contributed by atoms with Gasteiger partial charge >= 0.3 is 0 Å². The first-order valence-corrected chi connectivity index (χ1v) is 6.37. The number of pyridine rings is 1. The second kappa shape index (κ2) is 8.07. The topological polar surface area (TPSA) is 83.1 Å². The minimum absolute atomic E-state index is 0.105. The fourth-order valence-corrected chi connectivity index (χ4v) is 1.42. The molecule has 0 aromatic carbocycles. The minimum atomic E-state index is -0.274. The molecule has 6 nitrogen and oxygen atoms in total. The molecule has 0 bridgehead atoms. The van der Waals surface area contributed by atoms with Crippen molar-refractivity contribution < 1.29 is 9.59 Å². The molecular weight excluding hydrogens is 244 g/mol. The van der Waals surface area contributed by atoms with Gasteiger partial charge in [-0.05, 0) is 18.6 Å². The zero-order chi connectivity index (χ0) is 14.1. The van der Waals surface area contributed by atoms with E-state index < -0.39 is 0 Å². The molecule has 0 fully saturated rings. The lowest BCUT2D eigenvalue weighted by Crippen LogP contribution is -2.29. The maximum atomic E-state index is 11.8. The molecule has 0 unspecified atom stereocenters. The molecule has 19 heavy (non-hydrogen) atoms. The van der Waals surface area contributed by atoms with E-state index in [-0.39, 0.29) is 18.2 Å². The van der Waals surface area contributed by atoms with Crippen LogP contribution in [0.2, 0.25) is 0 Å². The second-order valence-corrected chi connectivity index (χ2v) is 4.01. The molecule has 0 radical (unpaired) electrons. The van der Waals surface area contributed by atoms with Crippen LogP contribution >= 0.6 is 0 Å². The number of amides is 2. The predicted octanol–water partition coefficient (Wildman–Crippen LogP) is 0.769. The molecule has 1 aromatic heterocycles. The van der Waals surface area contributed by atoms with Crippen LogP contribution in [0.5, 0.6) is 0 Å². The second-order valence-electron chi connectivity index (χ2n) is 4.01. The molecular formula is C13H20N4O2. The third-order valence-corrected chi connectivity index (χ3v) is 2.45. The fraction of sp³-hybridized carbons (Fsp3) is 0.462. The summed E-state index contributed by atoms with van der Waals surface area (Å²) in [5, 5.41) is 8.27. The summed E-state index contributed by atoms with van der Waals surface area (Å²) < 4.78 is 0. The Kier molecular flexibility index (Phi) is 6.35. The molecule has 6 heteroatoms. The summed E-state index contributed by atoms with van der Waals surface area (Å²) in [4.78, 5) is 27.0. The number of hydrogen-bond donors (Lipinski definition) is 3. The summed E-state index contributed by atoms with van der Waals surface area (Å²) in [6.07, 6.45) is 1.25. The highest BCUT2D eigenvalue weighted by molar-refractivity contribution is 5.92. The van der Waals surface area contributed by atoms with Crippen molar-refractivity contribution in [3.8, 4) is 0 Å². The normalized spacial score (nSPS) is 9.79. The lowest BCUT2D eigenvalue weighted by atomic mass is 10.3.